The molecule has 0 aliphatic heterocycles. The van der Waals surface area contributed by atoms with Crippen molar-refractivity contribution in [3.8, 4) is 0 Å². The Morgan fingerprint density at radius 3 is 2.23 bits per heavy atom. The highest BCUT2D eigenvalue weighted by atomic mass is 35.7. The summed E-state index contributed by atoms with van der Waals surface area (Å²) in [4.78, 5) is 0. The van der Waals surface area contributed by atoms with Crippen LogP contribution in [0.15, 0.2) is 0 Å². The molecular formula is C8H17ClO3S. The third-order valence-corrected chi connectivity index (χ3v) is 2.46. The quantitative estimate of drug-likeness (QED) is 0.630. The molecule has 0 rings (SSSR count). The van der Waals surface area contributed by atoms with Crippen molar-refractivity contribution in [3.63, 3.8) is 0 Å². The SMILES string of the molecule is CCCCC(CCC)OS(=O)(=O)Cl. The van der Waals surface area contributed by atoms with E-state index in [9.17, 15) is 8.42 Å². The Kier molecular flexibility index (Phi) is 6.73. The predicted octanol–water partition coefficient (Wildman–Crippen LogP) is 2.85. The van der Waals surface area contributed by atoms with E-state index in [4.69, 9.17) is 14.9 Å². The first kappa shape index (κ1) is 13.2. The largest absolute Gasteiger partial charge is 0.355 e. The van der Waals surface area contributed by atoms with Crippen molar-refractivity contribution in [2.75, 3.05) is 0 Å². The van der Waals surface area contributed by atoms with E-state index < -0.39 is 9.33 Å². The second-order valence-electron chi connectivity index (χ2n) is 3.04. The minimum absolute atomic E-state index is 0.243. The highest BCUT2D eigenvalue weighted by molar-refractivity contribution is 8.10. The second-order valence-corrected chi connectivity index (χ2v) is 5.15. The number of hydrogen-bond acceptors (Lipinski definition) is 3. The van der Waals surface area contributed by atoms with Crippen molar-refractivity contribution >= 4 is 20.0 Å². The van der Waals surface area contributed by atoms with Crippen molar-refractivity contribution in [2.24, 2.45) is 0 Å². The van der Waals surface area contributed by atoms with Gasteiger partial charge in [0.05, 0.1) is 6.10 Å². The zero-order valence-corrected chi connectivity index (χ0v) is 9.70. The molecule has 5 heteroatoms. The van der Waals surface area contributed by atoms with Crippen LogP contribution in [-0.4, -0.2) is 14.5 Å². The molecule has 0 aromatic rings. The van der Waals surface area contributed by atoms with Gasteiger partial charge in [-0.3, -0.25) is 4.18 Å². The zero-order valence-electron chi connectivity index (χ0n) is 8.12. The van der Waals surface area contributed by atoms with Crippen LogP contribution in [0.25, 0.3) is 0 Å². The molecule has 0 saturated heterocycles. The molecule has 1 atom stereocenters. The normalized spacial score (nSPS) is 14.4. The molecule has 0 aliphatic rings. The molecule has 1 unspecified atom stereocenters. The van der Waals surface area contributed by atoms with Crippen LogP contribution in [0.2, 0.25) is 0 Å². The van der Waals surface area contributed by atoms with Crippen molar-refractivity contribution < 1.29 is 12.6 Å². The van der Waals surface area contributed by atoms with Crippen LogP contribution in [0, 0.1) is 0 Å². The van der Waals surface area contributed by atoms with E-state index in [1.165, 1.54) is 0 Å². The van der Waals surface area contributed by atoms with Gasteiger partial charge in [-0.1, -0.05) is 33.1 Å². The minimum atomic E-state index is -3.80. The summed E-state index contributed by atoms with van der Waals surface area (Å²) in [6.07, 6.45) is 4.17. The predicted molar refractivity (Wildman–Crippen MR) is 54.1 cm³/mol. The smallest absolute Gasteiger partial charge is 0.255 e. The van der Waals surface area contributed by atoms with E-state index in [0.717, 1.165) is 32.1 Å². The van der Waals surface area contributed by atoms with Crippen LogP contribution in [0.5, 0.6) is 0 Å². The maximum absolute atomic E-state index is 10.6. The number of hydrogen-bond donors (Lipinski definition) is 0. The van der Waals surface area contributed by atoms with Crippen LogP contribution in [0.1, 0.15) is 46.0 Å². The Labute approximate surface area is 85.0 Å². The molecule has 0 radical (unpaired) electrons. The van der Waals surface area contributed by atoms with Gasteiger partial charge in [-0.15, -0.1) is 0 Å². The molecule has 0 aromatic heterocycles. The Bertz CT molecular complexity index is 213. The average molecular weight is 229 g/mol. The maximum atomic E-state index is 10.6. The van der Waals surface area contributed by atoms with Crippen LogP contribution >= 0.6 is 10.7 Å². The molecule has 3 nitrogen and oxygen atoms in total. The number of halogens is 1. The summed E-state index contributed by atoms with van der Waals surface area (Å²) in [5.74, 6) is 0. The van der Waals surface area contributed by atoms with Gasteiger partial charge in [0.2, 0.25) is 0 Å². The summed E-state index contributed by atoms with van der Waals surface area (Å²) in [7, 11) is 1.19. The molecule has 0 N–H and O–H groups in total. The lowest BCUT2D eigenvalue weighted by Crippen LogP contribution is -2.14. The van der Waals surface area contributed by atoms with Gasteiger partial charge in [0.25, 0.3) is 0 Å². The van der Waals surface area contributed by atoms with Gasteiger partial charge in [-0.2, -0.15) is 8.42 Å². The van der Waals surface area contributed by atoms with Crippen LogP contribution in [0.3, 0.4) is 0 Å². The molecule has 0 amide bonds. The maximum Gasteiger partial charge on any atom is 0.355 e. The van der Waals surface area contributed by atoms with Gasteiger partial charge < -0.3 is 0 Å². The first-order chi connectivity index (χ1) is 5.99. The van der Waals surface area contributed by atoms with E-state index in [1.807, 2.05) is 6.92 Å². The second kappa shape index (κ2) is 6.62. The average Bonchev–Trinajstić information content (AvgIpc) is 1.98. The van der Waals surface area contributed by atoms with E-state index in [0.29, 0.717) is 0 Å². The summed E-state index contributed by atoms with van der Waals surface area (Å²) in [5.41, 5.74) is 0. The third kappa shape index (κ3) is 8.53. The van der Waals surface area contributed by atoms with Crippen LogP contribution in [-0.2, 0) is 13.5 Å². The van der Waals surface area contributed by atoms with Crippen molar-refractivity contribution in [1.29, 1.82) is 0 Å². The van der Waals surface area contributed by atoms with E-state index in [2.05, 4.69) is 6.92 Å². The standard InChI is InChI=1S/C8H17ClO3S/c1-3-5-7-8(6-4-2)12-13(9,10)11/h8H,3-7H2,1-2H3. The monoisotopic (exact) mass is 228 g/mol. The first-order valence-electron chi connectivity index (χ1n) is 4.62. The van der Waals surface area contributed by atoms with E-state index in [1.54, 1.807) is 0 Å². The summed E-state index contributed by atoms with van der Waals surface area (Å²) in [6.45, 7) is 4.04. The van der Waals surface area contributed by atoms with E-state index >= 15 is 0 Å². The minimum Gasteiger partial charge on any atom is -0.255 e. The van der Waals surface area contributed by atoms with Crippen LogP contribution < -0.4 is 0 Å². The van der Waals surface area contributed by atoms with Gasteiger partial charge in [0.1, 0.15) is 0 Å². The Balaban J connectivity index is 3.94. The zero-order chi connectivity index (χ0) is 10.3. The van der Waals surface area contributed by atoms with Crippen molar-refractivity contribution in [1.82, 2.24) is 0 Å². The summed E-state index contributed by atoms with van der Waals surface area (Å²) >= 11 is 0. The summed E-state index contributed by atoms with van der Waals surface area (Å²) in [6, 6.07) is 0. The molecule has 0 spiro atoms. The molecule has 0 heterocycles. The van der Waals surface area contributed by atoms with Gasteiger partial charge >= 0.3 is 9.33 Å². The molecule has 0 saturated carbocycles. The lowest BCUT2D eigenvalue weighted by Gasteiger charge is -2.13. The topological polar surface area (TPSA) is 43.4 Å². The van der Waals surface area contributed by atoms with Crippen molar-refractivity contribution in [2.45, 2.75) is 52.1 Å². The van der Waals surface area contributed by atoms with Crippen molar-refractivity contribution in [3.05, 3.63) is 0 Å². The fraction of sp³-hybridized carbons (Fsp3) is 1.00. The molecule has 0 fully saturated rings. The molecule has 13 heavy (non-hydrogen) atoms. The van der Waals surface area contributed by atoms with Gasteiger partial charge in [0.15, 0.2) is 0 Å². The lowest BCUT2D eigenvalue weighted by atomic mass is 10.1. The van der Waals surface area contributed by atoms with Gasteiger partial charge in [-0.05, 0) is 12.8 Å². The van der Waals surface area contributed by atoms with E-state index in [-0.39, 0.29) is 6.10 Å². The molecular weight excluding hydrogens is 212 g/mol. The molecule has 0 bridgehead atoms. The molecule has 0 aliphatic carbocycles. The highest BCUT2D eigenvalue weighted by Crippen LogP contribution is 2.15. The molecule has 80 valence electrons. The fourth-order valence-corrected chi connectivity index (χ4v) is 1.98. The Morgan fingerprint density at radius 2 is 1.85 bits per heavy atom. The first-order valence-corrected chi connectivity index (χ1v) is 6.86. The summed E-state index contributed by atoms with van der Waals surface area (Å²) < 4.78 is 26.0. The molecule has 0 aromatic carbocycles. The van der Waals surface area contributed by atoms with Gasteiger partial charge in [0, 0.05) is 10.7 Å². The fourth-order valence-electron chi connectivity index (χ4n) is 1.16. The summed E-state index contributed by atoms with van der Waals surface area (Å²) in [5, 5.41) is 0. The lowest BCUT2D eigenvalue weighted by molar-refractivity contribution is 0.190. The van der Waals surface area contributed by atoms with Gasteiger partial charge in [-0.25, -0.2) is 0 Å². The number of rotatable bonds is 7. The third-order valence-electron chi connectivity index (χ3n) is 1.74. The Morgan fingerprint density at radius 1 is 1.23 bits per heavy atom. The van der Waals surface area contributed by atoms with Crippen LogP contribution in [0.4, 0.5) is 0 Å². The Hall–Kier alpha value is 0.200. The number of unbranched alkanes of at least 4 members (excludes halogenated alkanes) is 1. The highest BCUT2D eigenvalue weighted by Gasteiger charge is 2.15.